The highest BCUT2D eigenvalue weighted by molar-refractivity contribution is 5.54. The molecule has 0 spiro atoms. The SMILES string of the molecule is CC(C)(C)c1ccc([C@@H]2C[C@@H](C(F)(F)F)n3ncc(C#N)c3N2)cc1. The van der Waals surface area contributed by atoms with Crippen LogP contribution in [0.3, 0.4) is 0 Å². The van der Waals surface area contributed by atoms with Gasteiger partial charge in [0.1, 0.15) is 17.5 Å². The lowest BCUT2D eigenvalue weighted by Crippen LogP contribution is -2.35. The third-order valence-corrected chi connectivity index (χ3v) is 4.54. The Labute approximate surface area is 144 Å². The van der Waals surface area contributed by atoms with Gasteiger partial charge < -0.3 is 5.32 Å². The molecule has 1 N–H and O–H groups in total. The molecule has 2 aromatic rings. The summed E-state index contributed by atoms with van der Waals surface area (Å²) >= 11 is 0. The number of rotatable bonds is 1. The van der Waals surface area contributed by atoms with Crippen LogP contribution in [-0.2, 0) is 5.41 Å². The number of nitrogens with one attached hydrogen (secondary N) is 1. The Morgan fingerprint density at radius 2 is 1.84 bits per heavy atom. The van der Waals surface area contributed by atoms with Crippen LogP contribution in [0.2, 0.25) is 0 Å². The van der Waals surface area contributed by atoms with Gasteiger partial charge in [-0.2, -0.15) is 23.5 Å². The summed E-state index contributed by atoms with van der Waals surface area (Å²) < 4.78 is 41.3. The highest BCUT2D eigenvalue weighted by Gasteiger charge is 2.46. The van der Waals surface area contributed by atoms with Gasteiger partial charge in [-0.05, 0) is 16.5 Å². The maximum atomic E-state index is 13.5. The fraction of sp³-hybridized carbons (Fsp3) is 0.444. The summed E-state index contributed by atoms with van der Waals surface area (Å²) in [5.74, 6) is 0.126. The molecule has 0 amide bonds. The number of hydrogen-bond acceptors (Lipinski definition) is 3. The van der Waals surface area contributed by atoms with Crippen molar-refractivity contribution in [3.63, 3.8) is 0 Å². The average molecular weight is 348 g/mol. The number of hydrogen-bond donors (Lipinski definition) is 1. The van der Waals surface area contributed by atoms with E-state index in [4.69, 9.17) is 5.26 Å². The van der Waals surface area contributed by atoms with Gasteiger partial charge in [-0.1, -0.05) is 45.0 Å². The van der Waals surface area contributed by atoms with Crippen molar-refractivity contribution in [1.82, 2.24) is 9.78 Å². The average Bonchev–Trinajstić information content (AvgIpc) is 2.95. The second kappa shape index (κ2) is 5.80. The molecule has 0 radical (unpaired) electrons. The van der Waals surface area contributed by atoms with E-state index in [0.29, 0.717) is 0 Å². The molecule has 25 heavy (non-hydrogen) atoms. The number of alkyl halides is 3. The second-order valence-electron chi connectivity index (χ2n) is 7.33. The van der Waals surface area contributed by atoms with Crippen LogP contribution >= 0.6 is 0 Å². The molecule has 1 aliphatic heterocycles. The van der Waals surface area contributed by atoms with E-state index >= 15 is 0 Å². The predicted octanol–water partition coefficient (Wildman–Crippen LogP) is 4.71. The molecule has 1 aliphatic rings. The van der Waals surface area contributed by atoms with Crippen LogP contribution in [0.5, 0.6) is 0 Å². The summed E-state index contributed by atoms with van der Waals surface area (Å²) in [6.07, 6.45) is -3.43. The molecule has 0 unspecified atom stereocenters. The molecule has 0 saturated heterocycles. The molecule has 4 nitrogen and oxygen atoms in total. The van der Waals surface area contributed by atoms with Gasteiger partial charge in [-0.15, -0.1) is 0 Å². The molecule has 2 atom stereocenters. The first-order valence-electron chi connectivity index (χ1n) is 8.02. The van der Waals surface area contributed by atoms with E-state index in [-0.39, 0.29) is 23.2 Å². The van der Waals surface area contributed by atoms with Crippen LogP contribution in [0, 0.1) is 11.3 Å². The van der Waals surface area contributed by atoms with Crippen LogP contribution in [0.1, 0.15) is 56.0 Å². The number of aromatic nitrogens is 2. The topological polar surface area (TPSA) is 53.6 Å². The van der Waals surface area contributed by atoms with E-state index in [0.717, 1.165) is 15.8 Å². The first-order valence-corrected chi connectivity index (χ1v) is 8.02. The van der Waals surface area contributed by atoms with Crippen LogP contribution in [0.25, 0.3) is 0 Å². The van der Waals surface area contributed by atoms with Crippen molar-refractivity contribution in [1.29, 1.82) is 5.26 Å². The number of benzene rings is 1. The minimum absolute atomic E-state index is 0.0281. The van der Waals surface area contributed by atoms with Crippen molar-refractivity contribution in [3.05, 3.63) is 47.2 Å². The Kier molecular flexibility index (Phi) is 4.02. The molecule has 1 aromatic carbocycles. The first kappa shape index (κ1) is 17.3. The fourth-order valence-electron chi connectivity index (χ4n) is 3.08. The minimum atomic E-state index is -4.43. The zero-order valence-corrected chi connectivity index (χ0v) is 14.2. The Morgan fingerprint density at radius 1 is 1.20 bits per heavy atom. The molecule has 3 rings (SSSR count). The third kappa shape index (κ3) is 3.21. The van der Waals surface area contributed by atoms with E-state index in [1.807, 2.05) is 30.3 Å². The van der Waals surface area contributed by atoms with Gasteiger partial charge in [0.2, 0.25) is 0 Å². The van der Waals surface area contributed by atoms with Crippen LogP contribution in [0.4, 0.5) is 19.0 Å². The number of nitriles is 1. The van der Waals surface area contributed by atoms with E-state index < -0.39 is 18.3 Å². The molecule has 132 valence electrons. The van der Waals surface area contributed by atoms with E-state index in [2.05, 4.69) is 31.2 Å². The predicted molar refractivity (Wildman–Crippen MR) is 88.2 cm³/mol. The summed E-state index contributed by atoms with van der Waals surface area (Å²) in [7, 11) is 0. The first-order chi connectivity index (χ1) is 11.6. The zero-order valence-electron chi connectivity index (χ0n) is 14.2. The van der Waals surface area contributed by atoms with Crippen molar-refractivity contribution in [2.24, 2.45) is 0 Å². The standard InChI is InChI=1S/C18H19F3N4/c1-17(2,3)13-6-4-11(5-7-13)14-8-15(18(19,20)21)25-16(24-14)12(9-22)10-23-25/h4-7,10,14-15,24H,8H2,1-3H3/t14-,15-/m0/s1. The van der Waals surface area contributed by atoms with Crippen LogP contribution in [-0.4, -0.2) is 16.0 Å². The maximum Gasteiger partial charge on any atom is 0.410 e. The molecule has 7 heteroatoms. The van der Waals surface area contributed by atoms with Gasteiger partial charge in [-0.25, -0.2) is 4.68 Å². The van der Waals surface area contributed by atoms with Crippen molar-refractivity contribution in [2.75, 3.05) is 5.32 Å². The van der Waals surface area contributed by atoms with Crippen LogP contribution < -0.4 is 5.32 Å². The Balaban J connectivity index is 1.98. The van der Waals surface area contributed by atoms with Gasteiger partial charge in [0.05, 0.1) is 12.2 Å². The lowest BCUT2D eigenvalue weighted by Gasteiger charge is -2.34. The number of nitrogens with zero attached hydrogens (tertiary/aromatic N) is 3. The van der Waals surface area contributed by atoms with Crippen molar-refractivity contribution >= 4 is 5.82 Å². The summed E-state index contributed by atoms with van der Waals surface area (Å²) in [6, 6.07) is 7.20. The van der Waals surface area contributed by atoms with E-state index in [1.54, 1.807) is 0 Å². The summed E-state index contributed by atoms with van der Waals surface area (Å²) in [5, 5.41) is 15.9. The molecular weight excluding hydrogens is 329 g/mol. The smallest absolute Gasteiger partial charge is 0.362 e. The fourth-order valence-corrected chi connectivity index (χ4v) is 3.08. The molecule has 0 bridgehead atoms. The molecule has 0 fully saturated rings. The number of halogens is 3. The highest BCUT2D eigenvalue weighted by atomic mass is 19.4. The number of fused-ring (bicyclic) bond motifs is 1. The normalized spacial score (nSPS) is 20.5. The van der Waals surface area contributed by atoms with Gasteiger partial charge in [0.15, 0.2) is 6.04 Å². The second-order valence-corrected chi connectivity index (χ2v) is 7.33. The maximum absolute atomic E-state index is 13.5. The largest absolute Gasteiger partial charge is 0.410 e. The van der Waals surface area contributed by atoms with Gasteiger partial charge in [-0.3, -0.25) is 0 Å². The molecular formula is C18H19F3N4. The van der Waals surface area contributed by atoms with Gasteiger partial charge in [0, 0.05) is 6.42 Å². The third-order valence-electron chi connectivity index (χ3n) is 4.54. The van der Waals surface area contributed by atoms with Crippen LogP contribution in [0.15, 0.2) is 30.5 Å². The van der Waals surface area contributed by atoms with E-state index in [9.17, 15) is 13.2 Å². The molecule has 2 heterocycles. The summed E-state index contributed by atoms with van der Waals surface area (Å²) in [5.41, 5.74) is 1.96. The monoisotopic (exact) mass is 348 g/mol. The Bertz CT molecular complexity index is 807. The van der Waals surface area contributed by atoms with Crippen molar-refractivity contribution in [2.45, 2.75) is 50.9 Å². The molecule has 0 saturated carbocycles. The highest BCUT2D eigenvalue weighted by Crippen LogP contribution is 2.44. The van der Waals surface area contributed by atoms with Gasteiger partial charge >= 0.3 is 6.18 Å². The summed E-state index contributed by atoms with van der Waals surface area (Å²) in [6.45, 7) is 6.24. The van der Waals surface area contributed by atoms with Crippen molar-refractivity contribution < 1.29 is 13.2 Å². The lowest BCUT2D eigenvalue weighted by molar-refractivity contribution is -0.173. The summed E-state index contributed by atoms with van der Waals surface area (Å²) in [4.78, 5) is 0. The number of anilines is 1. The van der Waals surface area contributed by atoms with Gasteiger partial charge in [0.25, 0.3) is 0 Å². The Morgan fingerprint density at radius 3 is 2.36 bits per heavy atom. The van der Waals surface area contributed by atoms with E-state index in [1.165, 1.54) is 6.20 Å². The lowest BCUT2D eigenvalue weighted by atomic mass is 9.85. The molecule has 1 aromatic heterocycles. The quantitative estimate of drug-likeness (QED) is 0.812. The zero-order chi connectivity index (χ0) is 18.4. The minimum Gasteiger partial charge on any atom is -0.362 e. The molecule has 0 aliphatic carbocycles. The Hall–Kier alpha value is -2.49. The van der Waals surface area contributed by atoms with Crippen molar-refractivity contribution in [3.8, 4) is 6.07 Å².